The fourth-order valence-corrected chi connectivity index (χ4v) is 3.71. The maximum absolute atomic E-state index is 12.7. The van der Waals surface area contributed by atoms with Crippen molar-refractivity contribution in [3.05, 3.63) is 63.6 Å². The van der Waals surface area contributed by atoms with E-state index in [1.165, 1.54) is 5.57 Å². The minimum Gasteiger partial charge on any atom is -0.424 e. The summed E-state index contributed by atoms with van der Waals surface area (Å²) in [5.74, 6) is 2.09. The number of hydrogen-bond acceptors (Lipinski definition) is 6. The van der Waals surface area contributed by atoms with Crippen LogP contribution in [0.4, 0.5) is 10.6 Å². The number of likely N-dealkylation sites (tertiary alicyclic amines) is 1. The van der Waals surface area contributed by atoms with Gasteiger partial charge in [0.1, 0.15) is 11.5 Å². The number of halogens is 1. The summed E-state index contributed by atoms with van der Waals surface area (Å²) in [5, 5.41) is 6.77. The Labute approximate surface area is 194 Å². The number of piperidine rings is 1. The van der Waals surface area contributed by atoms with Gasteiger partial charge < -0.3 is 14.2 Å². The molecule has 1 unspecified atom stereocenters. The van der Waals surface area contributed by atoms with Gasteiger partial charge in [-0.25, -0.2) is 14.8 Å². The van der Waals surface area contributed by atoms with Gasteiger partial charge in [0.25, 0.3) is 0 Å². The van der Waals surface area contributed by atoms with Crippen LogP contribution >= 0.6 is 15.9 Å². The number of hydrogen-bond donors (Lipinski definition) is 1. The molecule has 3 heterocycles. The van der Waals surface area contributed by atoms with E-state index in [9.17, 15) is 4.79 Å². The average molecular weight is 498 g/mol. The zero-order valence-corrected chi connectivity index (χ0v) is 19.7. The van der Waals surface area contributed by atoms with Crippen molar-refractivity contribution in [2.24, 2.45) is 5.92 Å². The van der Waals surface area contributed by atoms with Gasteiger partial charge in [0, 0.05) is 31.0 Å². The van der Waals surface area contributed by atoms with Crippen molar-refractivity contribution < 1.29 is 14.1 Å². The van der Waals surface area contributed by atoms with E-state index in [4.69, 9.17) is 9.26 Å². The number of anilines is 1. The minimum atomic E-state index is -0.155. The Kier molecular flexibility index (Phi) is 6.55. The molecule has 0 bridgehead atoms. The number of nitrogens with zero attached hydrogens (tertiary/aromatic N) is 4. The second-order valence-electron chi connectivity index (χ2n) is 7.82. The maximum atomic E-state index is 12.7. The van der Waals surface area contributed by atoms with Gasteiger partial charge in [-0.05, 0) is 59.8 Å². The highest BCUT2D eigenvalue weighted by molar-refractivity contribution is 9.10. The predicted molar refractivity (Wildman–Crippen MR) is 125 cm³/mol. The van der Waals surface area contributed by atoms with Crippen LogP contribution < -0.4 is 10.1 Å². The highest BCUT2D eigenvalue weighted by Crippen LogP contribution is 2.28. The average Bonchev–Trinajstić information content (AvgIpc) is 3.09. The van der Waals surface area contributed by atoms with Crippen LogP contribution in [0.1, 0.15) is 30.2 Å². The van der Waals surface area contributed by atoms with Crippen LogP contribution in [0, 0.1) is 19.8 Å². The SMILES string of the molecule is Cc1onc(NC(=O)N2CCC(=Cc3cccc(Oc4ncc(Br)cn4)c3)C(C)C2)c1C. The van der Waals surface area contributed by atoms with Crippen molar-refractivity contribution in [2.75, 3.05) is 18.4 Å². The number of nitrogens with one attached hydrogen (secondary N) is 1. The molecule has 32 heavy (non-hydrogen) atoms. The second kappa shape index (κ2) is 9.52. The van der Waals surface area contributed by atoms with Crippen LogP contribution in [0.2, 0.25) is 0 Å². The van der Waals surface area contributed by atoms with Gasteiger partial charge in [-0.15, -0.1) is 0 Å². The van der Waals surface area contributed by atoms with Crippen molar-refractivity contribution in [3.63, 3.8) is 0 Å². The number of amides is 2. The van der Waals surface area contributed by atoms with E-state index in [1.54, 1.807) is 12.4 Å². The first-order valence-electron chi connectivity index (χ1n) is 10.3. The summed E-state index contributed by atoms with van der Waals surface area (Å²) in [7, 11) is 0. The lowest BCUT2D eigenvalue weighted by molar-refractivity contribution is 0.197. The van der Waals surface area contributed by atoms with Crippen LogP contribution in [-0.2, 0) is 0 Å². The monoisotopic (exact) mass is 497 g/mol. The third-order valence-corrected chi connectivity index (χ3v) is 5.89. The first-order valence-corrected chi connectivity index (χ1v) is 11.1. The van der Waals surface area contributed by atoms with Crippen LogP contribution in [0.5, 0.6) is 11.8 Å². The highest BCUT2D eigenvalue weighted by atomic mass is 79.9. The molecular weight excluding hydrogens is 474 g/mol. The molecule has 1 fully saturated rings. The summed E-state index contributed by atoms with van der Waals surface area (Å²) < 4.78 is 11.7. The standard InChI is InChI=1S/C23H24BrN5O3/c1-14-13-29(23(30)27-21-15(2)16(3)32-28-21)8-7-18(14)9-17-5-4-6-20(10-17)31-22-25-11-19(24)12-26-22/h4-6,9-12,14H,7-8,13H2,1-3H3,(H,27,28,30). The molecule has 0 radical (unpaired) electrons. The quantitative estimate of drug-likeness (QED) is 0.504. The van der Waals surface area contributed by atoms with E-state index >= 15 is 0 Å². The lowest BCUT2D eigenvalue weighted by atomic mass is 9.91. The van der Waals surface area contributed by atoms with E-state index < -0.39 is 0 Å². The number of carbonyl (C=O) groups excluding carboxylic acids is 1. The summed E-state index contributed by atoms with van der Waals surface area (Å²) >= 11 is 3.31. The molecule has 0 spiro atoms. The van der Waals surface area contributed by atoms with E-state index in [1.807, 2.05) is 43.0 Å². The van der Waals surface area contributed by atoms with E-state index in [0.29, 0.717) is 36.4 Å². The third kappa shape index (κ3) is 5.16. The Bertz CT molecular complexity index is 1140. The molecule has 166 valence electrons. The molecule has 9 heteroatoms. The summed E-state index contributed by atoms with van der Waals surface area (Å²) in [6, 6.07) is 7.94. The lowest BCUT2D eigenvalue weighted by Gasteiger charge is -2.33. The zero-order chi connectivity index (χ0) is 22.7. The first kappa shape index (κ1) is 22.0. The number of aryl methyl sites for hydroxylation is 1. The smallest absolute Gasteiger partial charge is 0.323 e. The first-order chi connectivity index (χ1) is 15.4. The molecule has 0 saturated carbocycles. The Morgan fingerprint density at radius 1 is 1.31 bits per heavy atom. The molecule has 1 aliphatic rings. The van der Waals surface area contributed by atoms with Crippen LogP contribution in [0.3, 0.4) is 0 Å². The highest BCUT2D eigenvalue weighted by Gasteiger charge is 2.25. The van der Waals surface area contributed by atoms with Crippen molar-refractivity contribution in [3.8, 4) is 11.8 Å². The van der Waals surface area contributed by atoms with Crippen molar-refractivity contribution in [1.29, 1.82) is 0 Å². The predicted octanol–water partition coefficient (Wildman–Crippen LogP) is 5.59. The van der Waals surface area contributed by atoms with Gasteiger partial charge in [-0.1, -0.05) is 35.9 Å². The molecule has 1 aliphatic heterocycles. The van der Waals surface area contributed by atoms with E-state index in [0.717, 1.165) is 22.0 Å². The summed E-state index contributed by atoms with van der Waals surface area (Å²) in [6.07, 6.45) is 6.25. The molecule has 2 amide bonds. The van der Waals surface area contributed by atoms with Gasteiger partial charge in [0.2, 0.25) is 0 Å². The third-order valence-electron chi connectivity index (χ3n) is 5.48. The van der Waals surface area contributed by atoms with Gasteiger partial charge >= 0.3 is 12.0 Å². The molecule has 1 N–H and O–H groups in total. The van der Waals surface area contributed by atoms with Crippen LogP contribution in [0.25, 0.3) is 6.08 Å². The number of rotatable bonds is 4. The number of carbonyl (C=O) groups is 1. The van der Waals surface area contributed by atoms with Crippen molar-refractivity contribution in [2.45, 2.75) is 27.2 Å². The Morgan fingerprint density at radius 2 is 2.09 bits per heavy atom. The molecule has 2 aromatic heterocycles. The van der Waals surface area contributed by atoms with E-state index in [-0.39, 0.29) is 11.9 Å². The fourth-order valence-electron chi connectivity index (χ4n) is 3.50. The molecule has 3 aromatic rings. The minimum absolute atomic E-state index is 0.155. The molecule has 1 atom stereocenters. The zero-order valence-electron chi connectivity index (χ0n) is 18.1. The van der Waals surface area contributed by atoms with Crippen molar-refractivity contribution in [1.82, 2.24) is 20.0 Å². The summed E-state index contributed by atoms with van der Waals surface area (Å²) in [6.45, 7) is 7.11. The summed E-state index contributed by atoms with van der Waals surface area (Å²) in [5.41, 5.74) is 3.17. The Hall–Kier alpha value is -3.20. The van der Waals surface area contributed by atoms with Gasteiger partial charge in [0.15, 0.2) is 5.82 Å². The Morgan fingerprint density at radius 3 is 2.78 bits per heavy atom. The molecular formula is C23H24BrN5O3. The van der Waals surface area contributed by atoms with Crippen molar-refractivity contribution >= 4 is 33.9 Å². The number of aromatic nitrogens is 3. The normalized spacial score (nSPS) is 17.4. The van der Waals surface area contributed by atoms with Crippen LogP contribution in [0.15, 0.2) is 51.2 Å². The summed E-state index contributed by atoms with van der Waals surface area (Å²) in [4.78, 5) is 22.8. The molecule has 0 aliphatic carbocycles. The molecule has 4 rings (SSSR count). The van der Waals surface area contributed by atoms with Gasteiger partial charge in [-0.2, -0.15) is 0 Å². The van der Waals surface area contributed by atoms with E-state index in [2.05, 4.69) is 49.4 Å². The number of ether oxygens (including phenoxy) is 1. The number of benzene rings is 1. The largest absolute Gasteiger partial charge is 0.424 e. The second-order valence-corrected chi connectivity index (χ2v) is 8.73. The molecule has 8 nitrogen and oxygen atoms in total. The Balaban J connectivity index is 1.40. The maximum Gasteiger partial charge on any atom is 0.323 e. The molecule has 1 saturated heterocycles. The topological polar surface area (TPSA) is 93.4 Å². The number of urea groups is 1. The van der Waals surface area contributed by atoms with Crippen LogP contribution in [-0.4, -0.2) is 39.1 Å². The lowest BCUT2D eigenvalue weighted by Crippen LogP contribution is -2.42. The van der Waals surface area contributed by atoms with Gasteiger partial charge in [0.05, 0.1) is 4.47 Å². The fraction of sp³-hybridized carbons (Fsp3) is 0.304. The van der Waals surface area contributed by atoms with Gasteiger partial charge in [-0.3, -0.25) is 5.32 Å². The molecule has 1 aromatic carbocycles.